The molecule has 2 aromatic rings. The largest absolute Gasteiger partial charge is 0.364 e. The Morgan fingerprint density at radius 1 is 1.47 bits per heavy atom. The fourth-order valence-electron chi connectivity index (χ4n) is 1.16. The number of aryl methyl sites for hydroxylation is 1. The van der Waals surface area contributed by atoms with Crippen LogP contribution in [0.2, 0.25) is 0 Å². The van der Waals surface area contributed by atoms with Gasteiger partial charge in [-0.25, -0.2) is 4.98 Å². The fraction of sp³-hybridized carbons (Fsp3) is 0.200. The Kier molecular flexibility index (Phi) is 3.01. The molecule has 5 heteroatoms. The third-order valence-corrected chi connectivity index (χ3v) is 2.32. The van der Waals surface area contributed by atoms with Crippen molar-refractivity contribution in [3.05, 3.63) is 40.3 Å². The summed E-state index contributed by atoms with van der Waals surface area (Å²) in [6, 6.07) is 5.73. The van der Waals surface area contributed by atoms with Gasteiger partial charge in [-0.15, -0.1) is 0 Å². The molecule has 2 heterocycles. The Morgan fingerprint density at radius 3 is 2.93 bits per heavy atom. The van der Waals surface area contributed by atoms with Gasteiger partial charge in [-0.05, 0) is 35.0 Å². The summed E-state index contributed by atoms with van der Waals surface area (Å²) in [5.41, 5.74) is 0.872. The molecule has 0 aliphatic heterocycles. The molecular weight excluding hydrogens is 258 g/mol. The lowest BCUT2D eigenvalue weighted by Crippen LogP contribution is -2.00. The first-order chi connectivity index (χ1) is 7.24. The van der Waals surface area contributed by atoms with Crippen LogP contribution in [0.1, 0.15) is 11.5 Å². The van der Waals surface area contributed by atoms with Crippen molar-refractivity contribution in [3.8, 4) is 0 Å². The van der Waals surface area contributed by atoms with Gasteiger partial charge in [0.15, 0.2) is 0 Å². The van der Waals surface area contributed by atoms with E-state index in [0.717, 1.165) is 21.7 Å². The Hall–Kier alpha value is -1.36. The van der Waals surface area contributed by atoms with Gasteiger partial charge in [0, 0.05) is 16.7 Å². The van der Waals surface area contributed by atoms with Crippen molar-refractivity contribution in [2.75, 3.05) is 5.32 Å². The highest BCUT2D eigenvalue weighted by molar-refractivity contribution is 9.10. The highest BCUT2D eigenvalue weighted by atomic mass is 79.9. The van der Waals surface area contributed by atoms with Crippen LogP contribution in [0.15, 0.2) is 33.4 Å². The van der Waals surface area contributed by atoms with Crippen LogP contribution in [-0.2, 0) is 6.54 Å². The fourth-order valence-corrected chi connectivity index (χ4v) is 1.40. The summed E-state index contributed by atoms with van der Waals surface area (Å²) in [7, 11) is 0. The van der Waals surface area contributed by atoms with E-state index in [-0.39, 0.29) is 0 Å². The van der Waals surface area contributed by atoms with Crippen molar-refractivity contribution in [3.63, 3.8) is 0 Å². The Bertz CT molecular complexity index is 438. The standard InChI is InChI=1S/C10H10BrN3O/c1-7-4-9(14-15-7)6-13-10-3-2-8(11)5-12-10/h2-5H,6H2,1H3,(H,12,13). The summed E-state index contributed by atoms with van der Waals surface area (Å²) in [5, 5.41) is 7.02. The van der Waals surface area contributed by atoms with Crippen LogP contribution in [0.5, 0.6) is 0 Å². The Balaban J connectivity index is 1.96. The van der Waals surface area contributed by atoms with Crippen LogP contribution >= 0.6 is 15.9 Å². The zero-order valence-electron chi connectivity index (χ0n) is 8.20. The molecule has 2 aromatic heterocycles. The number of hydrogen-bond acceptors (Lipinski definition) is 4. The van der Waals surface area contributed by atoms with E-state index < -0.39 is 0 Å². The lowest BCUT2D eigenvalue weighted by Gasteiger charge is -2.01. The van der Waals surface area contributed by atoms with E-state index in [1.54, 1.807) is 6.20 Å². The first-order valence-corrected chi connectivity index (χ1v) is 5.31. The average molecular weight is 268 g/mol. The zero-order chi connectivity index (χ0) is 10.7. The predicted octanol–water partition coefficient (Wildman–Crippen LogP) is 2.75. The van der Waals surface area contributed by atoms with Gasteiger partial charge < -0.3 is 9.84 Å². The van der Waals surface area contributed by atoms with Crippen molar-refractivity contribution in [2.24, 2.45) is 0 Å². The normalized spacial score (nSPS) is 10.3. The smallest absolute Gasteiger partial charge is 0.133 e. The third kappa shape index (κ3) is 2.79. The van der Waals surface area contributed by atoms with Gasteiger partial charge in [-0.3, -0.25) is 0 Å². The van der Waals surface area contributed by atoms with E-state index in [2.05, 4.69) is 31.4 Å². The van der Waals surface area contributed by atoms with Gasteiger partial charge in [0.25, 0.3) is 0 Å². The molecule has 78 valence electrons. The lowest BCUT2D eigenvalue weighted by atomic mass is 10.3. The summed E-state index contributed by atoms with van der Waals surface area (Å²) in [5.74, 6) is 1.63. The zero-order valence-corrected chi connectivity index (χ0v) is 9.78. The summed E-state index contributed by atoms with van der Waals surface area (Å²) in [4.78, 5) is 4.18. The van der Waals surface area contributed by atoms with E-state index in [4.69, 9.17) is 4.52 Å². The van der Waals surface area contributed by atoms with Crippen LogP contribution in [0.3, 0.4) is 0 Å². The number of nitrogens with zero attached hydrogens (tertiary/aromatic N) is 2. The van der Waals surface area contributed by atoms with E-state index >= 15 is 0 Å². The number of halogens is 1. The molecule has 0 amide bonds. The molecule has 0 saturated heterocycles. The average Bonchev–Trinajstić information content (AvgIpc) is 2.64. The predicted molar refractivity (Wildman–Crippen MR) is 60.5 cm³/mol. The number of anilines is 1. The quantitative estimate of drug-likeness (QED) is 0.929. The maximum atomic E-state index is 4.95. The van der Waals surface area contributed by atoms with Crippen molar-refractivity contribution in [1.29, 1.82) is 0 Å². The molecule has 4 nitrogen and oxygen atoms in total. The van der Waals surface area contributed by atoms with E-state index in [9.17, 15) is 0 Å². The maximum absolute atomic E-state index is 4.95. The third-order valence-electron chi connectivity index (χ3n) is 1.85. The molecule has 0 unspecified atom stereocenters. The van der Waals surface area contributed by atoms with Crippen LogP contribution in [-0.4, -0.2) is 10.1 Å². The number of pyridine rings is 1. The highest BCUT2D eigenvalue weighted by Gasteiger charge is 2.00. The lowest BCUT2D eigenvalue weighted by molar-refractivity contribution is 0.391. The van der Waals surface area contributed by atoms with Crippen molar-refractivity contribution >= 4 is 21.7 Å². The van der Waals surface area contributed by atoms with Crippen LogP contribution in [0, 0.1) is 6.92 Å². The maximum Gasteiger partial charge on any atom is 0.133 e. The van der Waals surface area contributed by atoms with Crippen LogP contribution in [0.4, 0.5) is 5.82 Å². The van der Waals surface area contributed by atoms with Gasteiger partial charge in [0.05, 0.1) is 6.54 Å². The molecule has 15 heavy (non-hydrogen) atoms. The molecule has 0 bridgehead atoms. The van der Waals surface area contributed by atoms with Crippen LogP contribution in [0.25, 0.3) is 0 Å². The van der Waals surface area contributed by atoms with Gasteiger partial charge in [0.2, 0.25) is 0 Å². The topological polar surface area (TPSA) is 51.0 Å². The van der Waals surface area contributed by atoms with Crippen molar-refractivity contribution in [2.45, 2.75) is 13.5 Å². The second-order valence-corrected chi connectivity index (χ2v) is 4.06. The summed E-state index contributed by atoms with van der Waals surface area (Å²) in [6.45, 7) is 2.49. The molecule has 0 aliphatic rings. The molecule has 0 saturated carbocycles. The highest BCUT2D eigenvalue weighted by Crippen LogP contribution is 2.11. The second kappa shape index (κ2) is 4.44. The number of hydrogen-bond donors (Lipinski definition) is 1. The van der Waals surface area contributed by atoms with Gasteiger partial charge in [-0.1, -0.05) is 5.16 Å². The van der Waals surface area contributed by atoms with Crippen LogP contribution < -0.4 is 5.32 Å². The summed E-state index contributed by atoms with van der Waals surface area (Å²) < 4.78 is 5.92. The monoisotopic (exact) mass is 267 g/mol. The molecule has 2 rings (SSSR count). The van der Waals surface area contributed by atoms with Gasteiger partial charge >= 0.3 is 0 Å². The summed E-state index contributed by atoms with van der Waals surface area (Å²) >= 11 is 3.33. The number of nitrogens with one attached hydrogen (secondary N) is 1. The minimum Gasteiger partial charge on any atom is -0.364 e. The SMILES string of the molecule is Cc1cc(CNc2ccc(Br)cn2)no1. The van der Waals surface area contributed by atoms with E-state index in [1.807, 2.05) is 25.1 Å². The van der Waals surface area contributed by atoms with Crippen molar-refractivity contribution in [1.82, 2.24) is 10.1 Å². The second-order valence-electron chi connectivity index (χ2n) is 3.14. The first-order valence-electron chi connectivity index (χ1n) is 4.51. The minimum absolute atomic E-state index is 0.617. The molecule has 0 radical (unpaired) electrons. The minimum atomic E-state index is 0.617. The molecule has 0 fully saturated rings. The Morgan fingerprint density at radius 2 is 2.33 bits per heavy atom. The van der Waals surface area contributed by atoms with Gasteiger partial charge in [-0.2, -0.15) is 0 Å². The molecular formula is C10H10BrN3O. The van der Waals surface area contributed by atoms with E-state index in [0.29, 0.717) is 6.54 Å². The van der Waals surface area contributed by atoms with Crippen molar-refractivity contribution < 1.29 is 4.52 Å². The number of aromatic nitrogens is 2. The molecule has 0 spiro atoms. The number of rotatable bonds is 3. The van der Waals surface area contributed by atoms with E-state index in [1.165, 1.54) is 0 Å². The molecule has 0 aliphatic carbocycles. The molecule has 0 aromatic carbocycles. The molecule has 0 atom stereocenters. The molecule has 1 N–H and O–H groups in total. The summed E-state index contributed by atoms with van der Waals surface area (Å²) in [6.07, 6.45) is 1.75. The Labute approximate surface area is 95.8 Å². The first kappa shape index (κ1) is 10.2. The van der Waals surface area contributed by atoms with Gasteiger partial charge in [0.1, 0.15) is 17.3 Å².